The lowest BCUT2D eigenvalue weighted by Crippen LogP contribution is -2.54. The number of hydrogen-bond donors (Lipinski definition) is 1. The van der Waals surface area contributed by atoms with Crippen LogP contribution in [-0.4, -0.2) is 42.4 Å². The van der Waals surface area contributed by atoms with Crippen molar-refractivity contribution in [1.82, 2.24) is 10.2 Å². The first-order valence-electron chi connectivity index (χ1n) is 6.10. The summed E-state index contributed by atoms with van der Waals surface area (Å²) < 4.78 is 0. The number of amides is 4. The molecule has 98 valence electrons. The van der Waals surface area contributed by atoms with Crippen LogP contribution < -0.4 is 10.8 Å². The smallest absolute Gasteiger partial charge is 0.262 e. The summed E-state index contributed by atoms with van der Waals surface area (Å²) >= 11 is 0. The number of imide groups is 2. The van der Waals surface area contributed by atoms with E-state index >= 15 is 0 Å². The van der Waals surface area contributed by atoms with Gasteiger partial charge in [-0.15, -0.1) is 0 Å². The third kappa shape index (κ3) is 1.74. The summed E-state index contributed by atoms with van der Waals surface area (Å²) in [6, 6.07) is 3.47. The first-order chi connectivity index (χ1) is 9.49. The lowest BCUT2D eigenvalue weighted by Gasteiger charge is -2.27. The van der Waals surface area contributed by atoms with Gasteiger partial charge in [-0.05, 0) is 12.5 Å². The highest BCUT2D eigenvalue weighted by molar-refractivity contribution is 6.34. The maximum absolute atomic E-state index is 12.3. The third-order valence-electron chi connectivity index (χ3n) is 3.46. The van der Waals surface area contributed by atoms with E-state index in [2.05, 4.69) is 5.32 Å². The molecule has 4 amide bonds. The second-order valence-corrected chi connectivity index (χ2v) is 4.75. The molecular weight excluding hydrogens is 259 g/mol. The first kappa shape index (κ1) is 12.6. The summed E-state index contributed by atoms with van der Waals surface area (Å²) in [7, 11) is 5.60. The van der Waals surface area contributed by atoms with Crippen molar-refractivity contribution in [2.24, 2.45) is 0 Å². The Morgan fingerprint density at radius 3 is 2.50 bits per heavy atom. The van der Waals surface area contributed by atoms with Crippen LogP contribution in [0.3, 0.4) is 0 Å². The Labute approximate surface area is 115 Å². The zero-order valence-electron chi connectivity index (χ0n) is 10.4. The molecule has 2 aliphatic rings. The molecule has 2 radical (unpaired) electrons. The number of fused-ring (bicyclic) bond motifs is 1. The molecule has 7 heteroatoms. The van der Waals surface area contributed by atoms with Crippen LogP contribution in [0, 0.1) is 0 Å². The molecule has 1 atom stereocenters. The Morgan fingerprint density at radius 2 is 1.80 bits per heavy atom. The van der Waals surface area contributed by atoms with E-state index in [4.69, 9.17) is 7.85 Å². The second kappa shape index (κ2) is 4.30. The third-order valence-corrected chi connectivity index (χ3v) is 3.46. The standard InChI is InChI=1S/C13H9BN2O4/c14-6-1-2-7-8(5-6)13(20)16(12(7)19)9-3-4-10(17)15-11(9)18/h1-2,5,9H,3-4H2,(H,15,17,18). The average molecular weight is 268 g/mol. The van der Waals surface area contributed by atoms with Gasteiger partial charge >= 0.3 is 0 Å². The number of rotatable bonds is 1. The molecule has 0 bridgehead atoms. The summed E-state index contributed by atoms with van der Waals surface area (Å²) in [5.74, 6) is -2.10. The first-order valence-corrected chi connectivity index (χ1v) is 6.10. The molecule has 2 aliphatic heterocycles. The van der Waals surface area contributed by atoms with Gasteiger partial charge in [-0.25, -0.2) is 0 Å². The molecule has 6 nitrogen and oxygen atoms in total. The van der Waals surface area contributed by atoms with Crippen molar-refractivity contribution in [3.8, 4) is 0 Å². The SMILES string of the molecule is [B]c1ccc2c(c1)C(=O)N(C1CCC(=O)NC1=O)C2=O. The van der Waals surface area contributed by atoms with Gasteiger partial charge < -0.3 is 0 Å². The quantitative estimate of drug-likeness (QED) is 0.516. The molecule has 1 saturated heterocycles. The molecule has 0 spiro atoms. The van der Waals surface area contributed by atoms with Crippen molar-refractivity contribution in [2.45, 2.75) is 18.9 Å². The van der Waals surface area contributed by atoms with Crippen molar-refractivity contribution >= 4 is 36.9 Å². The second-order valence-electron chi connectivity index (χ2n) is 4.75. The maximum Gasteiger partial charge on any atom is 0.262 e. The highest BCUT2D eigenvalue weighted by Crippen LogP contribution is 2.26. The van der Waals surface area contributed by atoms with Crippen LogP contribution in [0.4, 0.5) is 0 Å². The number of nitrogens with one attached hydrogen (secondary N) is 1. The van der Waals surface area contributed by atoms with Gasteiger partial charge in [0.15, 0.2) is 0 Å². The van der Waals surface area contributed by atoms with E-state index in [1.807, 2.05) is 0 Å². The van der Waals surface area contributed by atoms with Gasteiger partial charge in [0, 0.05) is 6.42 Å². The fourth-order valence-electron chi connectivity index (χ4n) is 2.49. The summed E-state index contributed by atoms with van der Waals surface area (Å²) in [6.45, 7) is 0. The normalized spacial score (nSPS) is 22.0. The Kier molecular flexibility index (Phi) is 2.70. The van der Waals surface area contributed by atoms with Crippen LogP contribution >= 0.6 is 0 Å². The van der Waals surface area contributed by atoms with Crippen LogP contribution in [-0.2, 0) is 9.59 Å². The van der Waals surface area contributed by atoms with Crippen LogP contribution in [0.2, 0.25) is 0 Å². The molecule has 1 fully saturated rings. The minimum atomic E-state index is -0.943. The lowest BCUT2D eigenvalue weighted by atomic mass is 9.93. The highest BCUT2D eigenvalue weighted by atomic mass is 16.2. The van der Waals surface area contributed by atoms with Crippen LogP contribution in [0.25, 0.3) is 0 Å². The van der Waals surface area contributed by atoms with Gasteiger partial charge in [0.05, 0.1) is 11.1 Å². The number of nitrogens with zero attached hydrogens (tertiary/aromatic N) is 1. The van der Waals surface area contributed by atoms with Crippen molar-refractivity contribution in [1.29, 1.82) is 0 Å². The maximum atomic E-state index is 12.3. The fraction of sp³-hybridized carbons (Fsp3) is 0.231. The molecule has 0 saturated carbocycles. The van der Waals surface area contributed by atoms with E-state index in [-0.39, 0.29) is 24.0 Å². The zero-order valence-corrected chi connectivity index (χ0v) is 10.4. The average Bonchev–Trinajstić information content (AvgIpc) is 2.63. The van der Waals surface area contributed by atoms with Crippen molar-refractivity contribution in [3.05, 3.63) is 29.3 Å². The number of benzene rings is 1. The van der Waals surface area contributed by atoms with Gasteiger partial charge in [-0.3, -0.25) is 29.4 Å². The van der Waals surface area contributed by atoms with E-state index in [0.29, 0.717) is 5.46 Å². The number of carbonyl (C=O) groups is 4. The molecule has 1 aromatic rings. The minimum Gasteiger partial charge on any atom is -0.295 e. The zero-order chi connectivity index (χ0) is 14.4. The van der Waals surface area contributed by atoms with Gasteiger partial charge in [-0.2, -0.15) is 0 Å². The Balaban J connectivity index is 1.97. The van der Waals surface area contributed by atoms with E-state index in [9.17, 15) is 19.2 Å². The molecule has 2 heterocycles. The summed E-state index contributed by atoms with van der Waals surface area (Å²) in [4.78, 5) is 48.3. The fourth-order valence-corrected chi connectivity index (χ4v) is 2.49. The molecule has 0 aliphatic carbocycles. The van der Waals surface area contributed by atoms with Crippen LogP contribution in [0.1, 0.15) is 33.6 Å². The molecule has 3 rings (SSSR count). The molecule has 1 aromatic carbocycles. The highest BCUT2D eigenvalue weighted by Gasteiger charge is 2.44. The molecular formula is C13H9BN2O4. The van der Waals surface area contributed by atoms with Gasteiger partial charge in [0.1, 0.15) is 13.9 Å². The van der Waals surface area contributed by atoms with Gasteiger partial charge in [0.2, 0.25) is 11.8 Å². The molecule has 1 N–H and O–H groups in total. The number of carbonyl (C=O) groups excluding carboxylic acids is 4. The van der Waals surface area contributed by atoms with E-state index in [0.717, 1.165) is 4.90 Å². The molecule has 0 aromatic heterocycles. The Morgan fingerprint density at radius 1 is 1.10 bits per heavy atom. The van der Waals surface area contributed by atoms with Crippen molar-refractivity contribution in [3.63, 3.8) is 0 Å². The van der Waals surface area contributed by atoms with Gasteiger partial charge in [-0.1, -0.05) is 17.6 Å². The predicted octanol–water partition coefficient (Wildman–Crippen LogP) is -1.12. The van der Waals surface area contributed by atoms with Crippen LogP contribution in [0.5, 0.6) is 0 Å². The van der Waals surface area contributed by atoms with Crippen molar-refractivity contribution in [2.75, 3.05) is 0 Å². The number of hydrogen-bond acceptors (Lipinski definition) is 4. The molecule has 20 heavy (non-hydrogen) atoms. The topological polar surface area (TPSA) is 83.6 Å². The lowest BCUT2D eigenvalue weighted by molar-refractivity contribution is -0.136. The number of piperidine rings is 1. The van der Waals surface area contributed by atoms with Crippen molar-refractivity contribution < 1.29 is 19.2 Å². The predicted molar refractivity (Wildman–Crippen MR) is 68.5 cm³/mol. The Bertz CT molecular complexity index is 670. The Hall–Kier alpha value is -2.44. The monoisotopic (exact) mass is 268 g/mol. The largest absolute Gasteiger partial charge is 0.295 e. The summed E-state index contributed by atoms with van der Waals surface area (Å²) in [5.41, 5.74) is 0.795. The minimum absolute atomic E-state index is 0.103. The van der Waals surface area contributed by atoms with E-state index in [1.54, 1.807) is 0 Å². The molecule has 1 unspecified atom stereocenters. The van der Waals surface area contributed by atoms with E-state index in [1.165, 1.54) is 18.2 Å². The van der Waals surface area contributed by atoms with E-state index < -0.39 is 29.7 Å². The van der Waals surface area contributed by atoms with Gasteiger partial charge in [0.25, 0.3) is 11.8 Å². The summed E-state index contributed by atoms with van der Waals surface area (Å²) in [5, 5.41) is 2.14. The van der Waals surface area contributed by atoms with Crippen LogP contribution in [0.15, 0.2) is 18.2 Å². The summed E-state index contributed by atoms with van der Waals surface area (Å²) in [6.07, 6.45) is 0.248.